The molecule has 1 atom stereocenters. The van der Waals surface area contributed by atoms with Crippen LogP contribution in [0.4, 0.5) is 0 Å². The van der Waals surface area contributed by atoms with E-state index in [1.54, 1.807) is 22.8 Å². The van der Waals surface area contributed by atoms with Gasteiger partial charge in [-0.25, -0.2) is 9.78 Å². The number of esters is 1. The predicted molar refractivity (Wildman–Crippen MR) is 110 cm³/mol. The van der Waals surface area contributed by atoms with Gasteiger partial charge in [-0.3, -0.25) is 14.2 Å². The molecule has 29 heavy (non-hydrogen) atoms. The van der Waals surface area contributed by atoms with Crippen LogP contribution in [0.3, 0.4) is 0 Å². The number of methoxy groups -OCH3 is 1. The SMILES string of the molecule is CCCNC(=O)CSc1nc2cc(C(=O)OC)ccc2c(=O)n1C[C@H]1CCCO1. The van der Waals surface area contributed by atoms with E-state index in [4.69, 9.17) is 9.47 Å². The highest BCUT2D eigenvalue weighted by Gasteiger charge is 2.21. The van der Waals surface area contributed by atoms with Crippen LogP contribution in [-0.4, -0.2) is 53.5 Å². The van der Waals surface area contributed by atoms with Crippen LogP contribution in [0.15, 0.2) is 28.2 Å². The Labute approximate surface area is 173 Å². The summed E-state index contributed by atoms with van der Waals surface area (Å²) in [4.78, 5) is 41.6. The molecule has 0 unspecified atom stereocenters. The number of fused-ring (bicyclic) bond motifs is 1. The Kier molecular flexibility index (Phi) is 7.27. The van der Waals surface area contributed by atoms with Crippen molar-refractivity contribution in [1.82, 2.24) is 14.9 Å². The summed E-state index contributed by atoms with van der Waals surface area (Å²) in [6, 6.07) is 4.68. The second-order valence-corrected chi connectivity index (χ2v) is 7.75. The summed E-state index contributed by atoms with van der Waals surface area (Å²) in [7, 11) is 1.30. The molecular weight excluding hydrogens is 394 g/mol. The molecule has 2 aromatic rings. The van der Waals surface area contributed by atoms with E-state index in [1.807, 2.05) is 6.92 Å². The van der Waals surface area contributed by atoms with E-state index in [0.29, 0.717) is 41.3 Å². The Hall–Kier alpha value is -2.39. The maximum Gasteiger partial charge on any atom is 0.337 e. The van der Waals surface area contributed by atoms with Gasteiger partial charge in [-0.2, -0.15) is 0 Å². The average molecular weight is 420 g/mol. The second kappa shape index (κ2) is 9.89. The zero-order valence-corrected chi connectivity index (χ0v) is 17.4. The lowest BCUT2D eigenvalue weighted by atomic mass is 10.1. The lowest BCUT2D eigenvalue weighted by Crippen LogP contribution is -2.30. The quantitative estimate of drug-likeness (QED) is 0.397. The standard InChI is InChI=1S/C20H25N3O5S/c1-3-8-21-17(24)12-29-20-22-16-10-13(19(26)27-2)6-7-15(16)18(25)23(20)11-14-5-4-9-28-14/h6-7,10,14H,3-5,8-9,11-12H2,1-2H3,(H,21,24)/t14-/m1/s1. The molecule has 0 saturated carbocycles. The topological polar surface area (TPSA) is 99.5 Å². The number of amides is 1. The average Bonchev–Trinajstić information content (AvgIpc) is 3.25. The Morgan fingerprint density at radius 3 is 2.93 bits per heavy atom. The molecule has 8 nitrogen and oxygen atoms in total. The first-order chi connectivity index (χ1) is 14.0. The fourth-order valence-electron chi connectivity index (χ4n) is 3.15. The molecule has 1 amide bonds. The summed E-state index contributed by atoms with van der Waals surface area (Å²) < 4.78 is 12.0. The fourth-order valence-corrected chi connectivity index (χ4v) is 3.99. The Balaban J connectivity index is 1.97. The van der Waals surface area contributed by atoms with Crippen LogP contribution >= 0.6 is 11.8 Å². The monoisotopic (exact) mass is 419 g/mol. The lowest BCUT2D eigenvalue weighted by Gasteiger charge is -2.16. The van der Waals surface area contributed by atoms with Gasteiger partial charge in [-0.1, -0.05) is 18.7 Å². The number of thioether (sulfide) groups is 1. The number of aromatic nitrogens is 2. The minimum atomic E-state index is -0.495. The molecule has 1 N–H and O–H groups in total. The summed E-state index contributed by atoms with van der Waals surface area (Å²) in [6.07, 6.45) is 2.65. The van der Waals surface area contributed by atoms with Gasteiger partial charge in [0, 0.05) is 13.2 Å². The minimum Gasteiger partial charge on any atom is -0.465 e. The van der Waals surface area contributed by atoms with Crippen molar-refractivity contribution in [3.63, 3.8) is 0 Å². The molecule has 3 rings (SSSR count). The minimum absolute atomic E-state index is 0.0467. The van der Waals surface area contributed by atoms with Gasteiger partial charge in [0.2, 0.25) is 5.91 Å². The van der Waals surface area contributed by atoms with Crippen molar-refractivity contribution in [2.24, 2.45) is 0 Å². The van der Waals surface area contributed by atoms with Gasteiger partial charge in [0.05, 0.1) is 42.0 Å². The number of hydrogen-bond acceptors (Lipinski definition) is 7. The number of rotatable bonds is 8. The Bertz CT molecular complexity index is 953. The number of carbonyl (C=O) groups excluding carboxylic acids is 2. The predicted octanol–water partition coefficient (Wildman–Crippen LogP) is 1.98. The smallest absolute Gasteiger partial charge is 0.337 e. The van der Waals surface area contributed by atoms with Gasteiger partial charge in [-0.15, -0.1) is 0 Å². The molecule has 2 heterocycles. The van der Waals surface area contributed by atoms with Gasteiger partial charge >= 0.3 is 5.97 Å². The van der Waals surface area contributed by atoms with E-state index in [-0.39, 0.29) is 23.3 Å². The lowest BCUT2D eigenvalue weighted by molar-refractivity contribution is -0.118. The summed E-state index contributed by atoms with van der Waals surface area (Å²) in [5, 5.41) is 3.67. The van der Waals surface area contributed by atoms with Crippen LogP contribution < -0.4 is 10.9 Å². The highest BCUT2D eigenvalue weighted by atomic mass is 32.2. The van der Waals surface area contributed by atoms with Gasteiger partial charge in [0.15, 0.2) is 5.16 Å². The fraction of sp³-hybridized carbons (Fsp3) is 0.500. The first kappa shape index (κ1) is 21.3. The number of nitrogens with zero attached hydrogens (tertiary/aromatic N) is 2. The van der Waals surface area contributed by atoms with Gasteiger partial charge in [-0.05, 0) is 37.5 Å². The molecule has 0 bridgehead atoms. The van der Waals surface area contributed by atoms with Gasteiger partial charge in [0.1, 0.15) is 0 Å². The highest BCUT2D eigenvalue weighted by Crippen LogP contribution is 2.21. The number of nitrogens with one attached hydrogen (secondary N) is 1. The first-order valence-corrected chi connectivity index (χ1v) is 10.7. The van der Waals surface area contributed by atoms with Crippen molar-refractivity contribution in [3.8, 4) is 0 Å². The van der Waals surface area contributed by atoms with Crippen LogP contribution in [0, 0.1) is 0 Å². The number of benzene rings is 1. The van der Waals surface area contributed by atoms with E-state index >= 15 is 0 Å². The van der Waals surface area contributed by atoms with E-state index in [1.165, 1.54) is 18.9 Å². The third-order valence-electron chi connectivity index (χ3n) is 4.66. The summed E-state index contributed by atoms with van der Waals surface area (Å²) >= 11 is 1.21. The first-order valence-electron chi connectivity index (χ1n) is 9.67. The zero-order chi connectivity index (χ0) is 20.8. The molecule has 0 aliphatic carbocycles. The van der Waals surface area contributed by atoms with Crippen LogP contribution in [0.1, 0.15) is 36.5 Å². The second-order valence-electron chi connectivity index (χ2n) is 6.81. The number of ether oxygens (including phenoxy) is 2. The number of hydrogen-bond donors (Lipinski definition) is 1. The van der Waals surface area contributed by atoms with Crippen molar-refractivity contribution in [2.75, 3.05) is 26.0 Å². The molecule has 1 fully saturated rings. The highest BCUT2D eigenvalue weighted by molar-refractivity contribution is 7.99. The van der Waals surface area contributed by atoms with Crippen molar-refractivity contribution in [2.45, 2.75) is 44.0 Å². The molecule has 1 aliphatic rings. The van der Waals surface area contributed by atoms with Crippen molar-refractivity contribution in [3.05, 3.63) is 34.1 Å². The largest absolute Gasteiger partial charge is 0.465 e. The van der Waals surface area contributed by atoms with E-state index < -0.39 is 5.97 Å². The van der Waals surface area contributed by atoms with Gasteiger partial charge < -0.3 is 14.8 Å². The van der Waals surface area contributed by atoms with Crippen LogP contribution in [-0.2, 0) is 20.8 Å². The molecule has 9 heteroatoms. The van der Waals surface area contributed by atoms with Gasteiger partial charge in [0.25, 0.3) is 5.56 Å². The zero-order valence-electron chi connectivity index (χ0n) is 16.6. The van der Waals surface area contributed by atoms with Crippen molar-refractivity contribution in [1.29, 1.82) is 0 Å². The Morgan fingerprint density at radius 1 is 1.41 bits per heavy atom. The normalized spacial score (nSPS) is 16.1. The van der Waals surface area contributed by atoms with E-state index in [9.17, 15) is 14.4 Å². The number of carbonyl (C=O) groups is 2. The molecule has 1 aromatic carbocycles. The molecule has 156 valence electrons. The Morgan fingerprint density at radius 2 is 2.24 bits per heavy atom. The van der Waals surface area contributed by atoms with Crippen LogP contribution in [0.25, 0.3) is 10.9 Å². The third-order valence-corrected chi connectivity index (χ3v) is 5.63. The molecule has 1 aliphatic heterocycles. The van der Waals surface area contributed by atoms with Crippen molar-refractivity contribution < 1.29 is 19.1 Å². The summed E-state index contributed by atoms with van der Waals surface area (Å²) in [6.45, 7) is 3.66. The maximum atomic E-state index is 13.1. The molecule has 0 spiro atoms. The van der Waals surface area contributed by atoms with E-state index in [2.05, 4.69) is 10.3 Å². The maximum absolute atomic E-state index is 13.1. The summed E-state index contributed by atoms with van der Waals surface area (Å²) in [5.74, 6) is -0.455. The van der Waals surface area contributed by atoms with Crippen LogP contribution in [0.2, 0.25) is 0 Å². The van der Waals surface area contributed by atoms with E-state index in [0.717, 1.165) is 19.3 Å². The van der Waals surface area contributed by atoms with Crippen molar-refractivity contribution >= 4 is 34.5 Å². The third kappa shape index (κ3) is 5.16. The molecule has 1 saturated heterocycles. The molecule has 1 aromatic heterocycles. The van der Waals surface area contributed by atoms with Crippen LogP contribution in [0.5, 0.6) is 0 Å². The molecular formula is C20H25N3O5S. The molecule has 0 radical (unpaired) electrons. The summed E-state index contributed by atoms with van der Waals surface area (Å²) in [5.41, 5.74) is 0.511.